The van der Waals surface area contributed by atoms with E-state index in [4.69, 9.17) is 16.3 Å². The summed E-state index contributed by atoms with van der Waals surface area (Å²) in [6.45, 7) is 0. The third-order valence-corrected chi connectivity index (χ3v) is 2.03. The lowest BCUT2D eigenvalue weighted by Crippen LogP contribution is -2.10. The Labute approximate surface area is 67.7 Å². The average molecular weight is 162 g/mol. The van der Waals surface area contributed by atoms with Crippen LogP contribution in [0.15, 0.2) is 0 Å². The van der Waals surface area contributed by atoms with E-state index < -0.39 is 0 Å². The fraction of sp³-hybridized carbons (Fsp3) is 0.875. The highest BCUT2D eigenvalue weighted by Gasteiger charge is 2.11. The van der Waals surface area contributed by atoms with Crippen molar-refractivity contribution in [1.29, 1.82) is 0 Å². The summed E-state index contributed by atoms with van der Waals surface area (Å²) in [6.07, 6.45) is 8.89. The highest BCUT2D eigenvalue weighted by atomic mass is 35.5. The Morgan fingerprint density at radius 3 is 3.10 bits per heavy atom. The van der Waals surface area contributed by atoms with Gasteiger partial charge in [0.25, 0.3) is 0 Å². The molecule has 1 aliphatic rings. The van der Waals surface area contributed by atoms with Crippen LogP contribution in [0.2, 0.25) is 0 Å². The van der Waals surface area contributed by atoms with Crippen LogP contribution >= 0.6 is 11.6 Å². The predicted molar refractivity (Wildman–Crippen MR) is 43.0 cm³/mol. The van der Waals surface area contributed by atoms with Gasteiger partial charge in [0.1, 0.15) is 6.07 Å². The fourth-order valence-corrected chi connectivity index (χ4v) is 1.48. The summed E-state index contributed by atoms with van der Waals surface area (Å²) in [4.78, 5) is 0. The topological polar surface area (TPSA) is 9.23 Å². The van der Waals surface area contributed by atoms with E-state index in [-0.39, 0.29) is 0 Å². The zero-order valence-electron chi connectivity index (χ0n) is 6.18. The van der Waals surface area contributed by atoms with Gasteiger partial charge in [0.15, 0.2) is 0 Å². The number of ether oxygens (including phenoxy) is 1. The van der Waals surface area contributed by atoms with Crippen molar-refractivity contribution in [3.05, 3.63) is 6.42 Å². The van der Waals surface area contributed by atoms with Gasteiger partial charge in [0.05, 0.1) is 6.10 Å². The molecule has 1 rings (SSSR count). The maximum absolute atomic E-state index is 5.45. The molecular formula is C8H14ClO. The standard InChI is InChI=1S/C8H14ClO/c9-7-10-8-5-3-1-2-4-6-8/h5,8H,1-4,6-7H2. The van der Waals surface area contributed by atoms with Crippen LogP contribution in [-0.2, 0) is 4.74 Å². The van der Waals surface area contributed by atoms with Crippen molar-refractivity contribution in [2.24, 2.45) is 0 Å². The minimum Gasteiger partial charge on any atom is -0.362 e. The van der Waals surface area contributed by atoms with Gasteiger partial charge in [-0.05, 0) is 19.3 Å². The van der Waals surface area contributed by atoms with Gasteiger partial charge in [-0.15, -0.1) is 0 Å². The minimum absolute atomic E-state index is 0.333. The molecule has 1 aliphatic carbocycles. The van der Waals surface area contributed by atoms with Crippen LogP contribution in [0.1, 0.15) is 32.1 Å². The first kappa shape index (κ1) is 8.35. The van der Waals surface area contributed by atoms with Gasteiger partial charge < -0.3 is 4.74 Å². The van der Waals surface area contributed by atoms with Crippen molar-refractivity contribution in [1.82, 2.24) is 0 Å². The molecule has 1 nitrogen and oxygen atoms in total. The molecule has 10 heavy (non-hydrogen) atoms. The van der Waals surface area contributed by atoms with E-state index in [1.165, 1.54) is 25.7 Å². The lowest BCUT2D eigenvalue weighted by Gasteiger charge is -2.11. The zero-order valence-corrected chi connectivity index (χ0v) is 6.94. The Morgan fingerprint density at radius 2 is 2.30 bits per heavy atom. The summed E-state index contributed by atoms with van der Waals surface area (Å²) in [5.74, 6) is 0. The molecule has 0 spiro atoms. The molecule has 0 amide bonds. The van der Waals surface area contributed by atoms with Crippen molar-refractivity contribution >= 4 is 11.6 Å². The smallest absolute Gasteiger partial charge is 0.121 e. The number of halogens is 1. The van der Waals surface area contributed by atoms with Gasteiger partial charge in [-0.25, -0.2) is 0 Å². The third-order valence-electron chi connectivity index (χ3n) is 1.90. The Kier molecular flexibility index (Phi) is 4.15. The molecule has 0 aliphatic heterocycles. The van der Waals surface area contributed by atoms with Crippen molar-refractivity contribution in [3.8, 4) is 0 Å². The Bertz CT molecular complexity index is 77.3. The largest absolute Gasteiger partial charge is 0.362 e. The van der Waals surface area contributed by atoms with Gasteiger partial charge in [0, 0.05) is 0 Å². The van der Waals surface area contributed by atoms with Crippen molar-refractivity contribution < 1.29 is 4.74 Å². The number of hydrogen-bond donors (Lipinski definition) is 0. The van der Waals surface area contributed by atoms with E-state index in [9.17, 15) is 0 Å². The number of rotatable bonds is 2. The molecule has 1 unspecified atom stereocenters. The average Bonchev–Trinajstić information content (AvgIpc) is 2.17. The lowest BCUT2D eigenvalue weighted by atomic mass is 10.2. The van der Waals surface area contributed by atoms with Crippen LogP contribution in [0.5, 0.6) is 0 Å². The van der Waals surface area contributed by atoms with E-state index in [2.05, 4.69) is 6.42 Å². The summed E-state index contributed by atoms with van der Waals surface area (Å²) in [5.41, 5.74) is 0. The van der Waals surface area contributed by atoms with Gasteiger partial charge in [-0.1, -0.05) is 30.9 Å². The van der Waals surface area contributed by atoms with Crippen LogP contribution < -0.4 is 0 Å². The van der Waals surface area contributed by atoms with Crippen LogP contribution in [0, 0.1) is 6.42 Å². The van der Waals surface area contributed by atoms with Crippen molar-refractivity contribution in [2.75, 3.05) is 6.07 Å². The molecule has 0 aromatic heterocycles. The number of alkyl halides is 1. The van der Waals surface area contributed by atoms with E-state index in [1.54, 1.807) is 0 Å². The van der Waals surface area contributed by atoms with Crippen molar-refractivity contribution in [2.45, 2.75) is 38.2 Å². The molecule has 0 bridgehead atoms. The molecule has 2 heteroatoms. The zero-order chi connectivity index (χ0) is 7.23. The monoisotopic (exact) mass is 161 g/mol. The summed E-state index contributed by atoms with van der Waals surface area (Å²) in [7, 11) is 0. The van der Waals surface area contributed by atoms with Crippen LogP contribution in [-0.4, -0.2) is 12.2 Å². The second-order valence-corrected chi connectivity index (χ2v) is 2.91. The normalized spacial score (nSPS) is 22.5. The highest BCUT2D eigenvalue weighted by molar-refractivity contribution is 6.17. The van der Waals surface area contributed by atoms with Crippen LogP contribution in [0.4, 0.5) is 0 Å². The first-order chi connectivity index (χ1) is 4.93. The molecule has 0 saturated heterocycles. The molecule has 59 valence electrons. The highest BCUT2D eigenvalue weighted by Crippen LogP contribution is 2.18. The summed E-state index contributed by atoms with van der Waals surface area (Å²) >= 11 is 5.45. The Balaban J connectivity index is 2.15. The minimum atomic E-state index is 0.333. The SMILES string of the molecule is ClCOC1[CH]CCCCC1. The predicted octanol–water partition coefficient (Wildman–Crippen LogP) is 2.74. The van der Waals surface area contributed by atoms with E-state index >= 15 is 0 Å². The Hall–Kier alpha value is 0.250. The van der Waals surface area contributed by atoms with Crippen LogP contribution in [0.3, 0.4) is 0 Å². The summed E-state index contributed by atoms with van der Waals surface area (Å²) < 4.78 is 5.27. The molecule has 1 radical (unpaired) electrons. The molecule has 0 aromatic rings. The molecular weight excluding hydrogens is 148 g/mol. The van der Waals surface area contributed by atoms with Gasteiger partial charge in [-0.2, -0.15) is 0 Å². The first-order valence-electron chi connectivity index (χ1n) is 3.94. The van der Waals surface area contributed by atoms with Crippen LogP contribution in [0.25, 0.3) is 0 Å². The summed E-state index contributed by atoms with van der Waals surface area (Å²) in [5, 5.41) is 0. The molecule has 0 aromatic carbocycles. The second kappa shape index (κ2) is 4.97. The molecule has 0 N–H and O–H groups in total. The molecule has 1 atom stereocenters. The van der Waals surface area contributed by atoms with Gasteiger partial charge in [0.2, 0.25) is 0 Å². The molecule has 0 heterocycles. The molecule has 1 saturated carbocycles. The second-order valence-electron chi connectivity index (χ2n) is 2.69. The summed E-state index contributed by atoms with van der Waals surface area (Å²) in [6, 6.07) is 0.334. The maximum Gasteiger partial charge on any atom is 0.121 e. The van der Waals surface area contributed by atoms with E-state index in [0.717, 1.165) is 6.42 Å². The van der Waals surface area contributed by atoms with Crippen molar-refractivity contribution in [3.63, 3.8) is 0 Å². The van der Waals surface area contributed by atoms with E-state index in [0.29, 0.717) is 12.2 Å². The first-order valence-corrected chi connectivity index (χ1v) is 4.48. The lowest BCUT2D eigenvalue weighted by molar-refractivity contribution is 0.104. The fourth-order valence-electron chi connectivity index (χ4n) is 1.32. The Morgan fingerprint density at radius 1 is 1.40 bits per heavy atom. The van der Waals surface area contributed by atoms with Gasteiger partial charge in [-0.3, -0.25) is 0 Å². The van der Waals surface area contributed by atoms with E-state index in [1.807, 2.05) is 0 Å². The van der Waals surface area contributed by atoms with Gasteiger partial charge >= 0.3 is 0 Å². The maximum atomic E-state index is 5.45. The molecule has 1 fully saturated rings. The third kappa shape index (κ3) is 2.89. The quantitative estimate of drug-likeness (QED) is 0.447. The number of hydrogen-bond acceptors (Lipinski definition) is 1.